The molecule has 1 N–H and O–H groups in total. The number of halogens is 1. The number of hydrogen-bond donors (Lipinski definition) is 1. The molecule has 0 spiro atoms. The number of morpholine rings is 1. The van der Waals surface area contributed by atoms with Crippen LogP contribution in [0.25, 0.3) is 0 Å². The lowest BCUT2D eigenvalue weighted by Gasteiger charge is -2.28. The smallest absolute Gasteiger partial charge is 0.227 e. The maximum Gasteiger partial charge on any atom is 0.227 e. The minimum atomic E-state index is 0.526. The van der Waals surface area contributed by atoms with Gasteiger partial charge in [0.15, 0.2) is 0 Å². The summed E-state index contributed by atoms with van der Waals surface area (Å²) in [6.07, 6.45) is 3.14. The normalized spacial score (nSPS) is 15.2. The maximum atomic E-state index is 5.75. The van der Waals surface area contributed by atoms with E-state index in [-0.39, 0.29) is 0 Å². The molecule has 1 fully saturated rings. The zero-order valence-electron chi connectivity index (χ0n) is 10.9. The summed E-state index contributed by atoms with van der Waals surface area (Å²) in [6.45, 7) is 3.46. The van der Waals surface area contributed by atoms with Gasteiger partial charge in [-0.15, -0.1) is 0 Å². The summed E-state index contributed by atoms with van der Waals surface area (Å²) >= 11 is 5.75. The maximum absolute atomic E-state index is 5.75. The molecule has 1 aromatic heterocycles. The van der Waals surface area contributed by atoms with Crippen LogP contribution in [0.2, 0.25) is 5.02 Å². The Bertz CT molecular complexity index is 552. The van der Waals surface area contributed by atoms with Gasteiger partial charge in [-0.2, -0.15) is 0 Å². The van der Waals surface area contributed by atoms with E-state index in [1.54, 1.807) is 12.4 Å². The fourth-order valence-corrected chi connectivity index (χ4v) is 2.18. The van der Waals surface area contributed by atoms with Crippen molar-refractivity contribution >= 4 is 28.9 Å². The molecule has 6 heteroatoms. The molecule has 1 aliphatic heterocycles. The molecule has 0 saturated carbocycles. The van der Waals surface area contributed by atoms with E-state index in [1.165, 1.54) is 5.69 Å². The number of anilines is 3. The second-order valence-corrected chi connectivity index (χ2v) is 4.93. The van der Waals surface area contributed by atoms with Gasteiger partial charge in [0.25, 0.3) is 0 Å². The van der Waals surface area contributed by atoms with E-state index in [0.717, 1.165) is 32.0 Å². The van der Waals surface area contributed by atoms with Gasteiger partial charge in [0.2, 0.25) is 5.95 Å². The van der Waals surface area contributed by atoms with Crippen LogP contribution in [0.4, 0.5) is 17.3 Å². The molecule has 0 atom stereocenters. The van der Waals surface area contributed by atoms with Gasteiger partial charge in [0.1, 0.15) is 0 Å². The Morgan fingerprint density at radius 3 is 2.35 bits per heavy atom. The summed E-state index contributed by atoms with van der Waals surface area (Å²) in [5, 5.41) is 3.66. The van der Waals surface area contributed by atoms with Crippen LogP contribution in [0.1, 0.15) is 0 Å². The predicted molar refractivity (Wildman–Crippen MR) is 79.8 cm³/mol. The summed E-state index contributed by atoms with van der Waals surface area (Å²) in [5.41, 5.74) is 2.15. The lowest BCUT2D eigenvalue weighted by molar-refractivity contribution is 0.122. The van der Waals surface area contributed by atoms with Crippen molar-refractivity contribution in [1.82, 2.24) is 9.97 Å². The number of rotatable bonds is 3. The fourth-order valence-electron chi connectivity index (χ4n) is 2.08. The Morgan fingerprint density at radius 2 is 1.70 bits per heavy atom. The van der Waals surface area contributed by atoms with Crippen LogP contribution in [0, 0.1) is 0 Å². The largest absolute Gasteiger partial charge is 0.378 e. The van der Waals surface area contributed by atoms with Crippen molar-refractivity contribution < 1.29 is 4.74 Å². The van der Waals surface area contributed by atoms with Gasteiger partial charge in [-0.05, 0) is 24.3 Å². The first-order valence-electron chi connectivity index (χ1n) is 6.48. The first-order valence-corrected chi connectivity index (χ1v) is 6.86. The molecule has 0 unspecified atom stereocenters. The molecule has 0 radical (unpaired) electrons. The third kappa shape index (κ3) is 3.18. The third-order valence-electron chi connectivity index (χ3n) is 3.12. The van der Waals surface area contributed by atoms with E-state index in [4.69, 9.17) is 16.3 Å². The summed E-state index contributed by atoms with van der Waals surface area (Å²) < 4.78 is 5.35. The van der Waals surface area contributed by atoms with Gasteiger partial charge in [0.05, 0.1) is 30.6 Å². The van der Waals surface area contributed by atoms with Crippen molar-refractivity contribution in [3.63, 3.8) is 0 Å². The van der Waals surface area contributed by atoms with Crippen molar-refractivity contribution in [3.05, 3.63) is 41.7 Å². The van der Waals surface area contributed by atoms with E-state index >= 15 is 0 Å². The standard InChI is InChI=1S/C14H15ClN4O/c15-11-9-16-14(17-10-11)18-12-1-3-13(4-2-12)19-5-7-20-8-6-19/h1-4,9-10H,5-8H2,(H,16,17,18). The van der Waals surface area contributed by atoms with Crippen LogP contribution < -0.4 is 10.2 Å². The molecule has 2 aromatic rings. The average molecular weight is 291 g/mol. The first kappa shape index (κ1) is 13.1. The molecule has 2 heterocycles. The van der Waals surface area contributed by atoms with E-state index in [0.29, 0.717) is 11.0 Å². The lowest BCUT2D eigenvalue weighted by Crippen LogP contribution is -2.36. The second-order valence-electron chi connectivity index (χ2n) is 4.50. The van der Waals surface area contributed by atoms with Crippen LogP contribution in [0.3, 0.4) is 0 Å². The number of ether oxygens (including phenoxy) is 1. The highest BCUT2D eigenvalue weighted by Gasteiger charge is 2.10. The van der Waals surface area contributed by atoms with Crippen molar-refractivity contribution in [2.75, 3.05) is 36.5 Å². The summed E-state index contributed by atoms with van der Waals surface area (Å²) in [4.78, 5) is 10.5. The van der Waals surface area contributed by atoms with Crippen molar-refractivity contribution in [2.45, 2.75) is 0 Å². The highest BCUT2D eigenvalue weighted by Crippen LogP contribution is 2.20. The Labute approximate surface area is 122 Å². The monoisotopic (exact) mass is 290 g/mol. The second kappa shape index (κ2) is 6.07. The van der Waals surface area contributed by atoms with Gasteiger partial charge in [0, 0.05) is 24.5 Å². The van der Waals surface area contributed by atoms with Crippen LogP contribution in [0.5, 0.6) is 0 Å². The van der Waals surface area contributed by atoms with Gasteiger partial charge in [-0.25, -0.2) is 9.97 Å². The van der Waals surface area contributed by atoms with Gasteiger partial charge in [-0.1, -0.05) is 11.6 Å². The average Bonchev–Trinajstić information content (AvgIpc) is 2.51. The summed E-state index contributed by atoms with van der Waals surface area (Å²) in [5.74, 6) is 0.536. The molecule has 1 saturated heterocycles. The Kier molecular flexibility index (Phi) is 3.99. The lowest BCUT2D eigenvalue weighted by atomic mass is 10.2. The van der Waals surface area contributed by atoms with Gasteiger partial charge in [-0.3, -0.25) is 0 Å². The molecule has 0 bridgehead atoms. The summed E-state index contributed by atoms with van der Waals surface area (Å²) in [6, 6.07) is 8.21. The van der Waals surface area contributed by atoms with Crippen LogP contribution >= 0.6 is 11.6 Å². The van der Waals surface area contributed by atoms with E-state index < -0.39 is 0 Å². The highest BCUT2D eigenvalue weighted by molar-refractivity contribution is 6.30. The Hall–Kier alpha value is -1.85. The number of nitrogens with zero attached hydrogens (tertiary/aromatic N) is 3. The molecule has 1 aliphatic rings. The van der Waals surface area contributed by atoms with Crippen LogP contribution in [0.15, 0.2) is 36.7 Å². The molecule has 0 amide bonds. The Morgan fingerprint density at radius 1 is 1.05 bits per heavy atom. The minimum Gasteiger partial charge on any atom is -0.378 e. The topological polar surface area (TPSA) is 50.3 Å². The van der Waals surface area contributed by atoms with Gasteiger partial charge >= 0.3 is 0 Å². The molecule has 1 aromatic carbocycles. The van der Waals surface area contributed by atoms with Crippen molar-refractivity contribution in [3.8, 4) is 0 Å². The van der Waals surface area contributed by atoms with E-state index in [1.807, 2.05) is 12.1 Å². The minimum absolute atomic E-state index is 0.526. The Balaban J connectivity index is 1.67. The number of aromatic nitrogens is 2. The predicted octanol–water partition coefficient (Wildman–Crippen LogP) is 2.71. The quantitative estimate of drug-likeness (QED) is 0.942. The van der Waals surface area contributed by atoms with Crippen molar-refractivity contribution in [2.24, 2.45) is 0 Å². The molecule has 5 nitrogen and oxygen atoms in total. The van der Waals surface area contributed by atoms with Crippen LogP contribution in [-0.2, 0) is 4.74 Å². The van der Waals surface area contributed by atoms with E-state index in [2.05, 4.69) is 32.3 Å². The summed E-state index contributed by atoms with van der Waals surface area (Å²) in [7, 11) is 0. The highest BCUT2D eigenvalue weighted by atomic mass is 35.5. The molecular formula is C14H15ClN4O. The molecule has 3 rings (SSSR count). The zero-order valence-corrected chi connectivity index (χ0v) is 11.7. The number of hydrogen-bond acceptors (Lipinski definition) is 5. The van der Waals surface area contributed by atoms with Gasteiger partial charge < -0.3 is 15.0 Å². The number of benzene rings is 1. The molecule has 20 heavy (non-hydrogen) atoms. The third-order valence-corrected chi connectivity index (χ3v) is 3.32. The fraction of sp³-hybridized carbons (Fsp3) is 0.286. The molecular weight excluding hydrogens is 276 g/mol. The SMILES string of the molecule is Clc1cnc(Nc2ccc(N3CCOCC3)cc2)nc1. The molecule has 104 valence electrons. The van der Waals surface area contributed by atoms with E-state index in [9.17, 15) is 0 Å². The van der Waals surface area contributed by atoms with Crippen LogP contribution in [-0.4, -0.2) is 36.3 Å². The van der Waals surface area contributed by atoms with Crippen molar-refractivity contribution in [1.29, 1.82) is 0 Å². The zero-order chi connectivity index (χ0) is 13.8. The number of nitrogens with one attached hydrogen (secondary N) is 1. The molecule has 0 aliphatic carbocycles. The first-order chi connectivity index (χ1) is 9.81.